The van der Waals surface area contributed by atoms with Crippen molar-refractivity contribution < 1.29 is 22.7 Å². The number of hydrogen-bond donors (Lipinski definition) is 1. The third-order valence-electron chi connectivity index (χ3n) is 6.64. The molecule has 2 amide bonds. The maximum absolute atomic E-state index is 14.0. The maximum Gasteiger partial charge on any atom is 0.264 e. The second-order valence-corrected chi connectivity index (χ2v) is 12.4. The fraction of sp³-hybridized carbons (Fsp3) is 0.333. The lowest BCUT2D eigenvalue weighted by Gasteiger charge is -2.32. The number of anilines is 1. The molecule has 0 fully saturated rings. The fourth-order valence-electron chi connectivity index (χ4n) is 4.01. The number of carbonyl (C=O) groups is 2. The summed E-state index contributed by atoms with van der Waals surface area (Å²) in [6.45, 7) is 6.97. The van der Waals surface area contributed by atoms with Gasteiger partial charge in [0.1, 0.15) is 18.3 Å². The average molecular weight is 631 g/mol. The Morgan fingerprint density at radius 2 is 1.68 bits per heavy atom. The first-order chi connectivity index (χ1) is 19.0. The summed E-state index contributed by atoms with van der Waals surface area (Å²) in [4.78, 5) is 28.6. The molecule has 3 rings (SSSR count). The van der Waals surface area contributed by atoms with Gasteiger partial charge in [0.25, 0.3) is 10.0 Å². The number of sulfonamides is 1. The standard InChI is InChI=1S/C30H36BrN3O5S/c1-6-22(3)32-30(36)23(4)33(19-24-9-7-10-25(31)17-24)29(35)20-34(26-11-8-12-27(18-26)39-5)40(37,38)28-15-13-21(2)14-16-28/h7-18,22-23H,6,19-20H2,1-5H3,(H,32,36)/t22-,23-/m0/s1. The van der Waals surface area contributed by atoms with Gasteiger partial charge in [-0.25, -0.2) is 8.42 Å². The summed E-state index contributed by atoms with van der Waals surface area (Å²) < 4.78 is 35.1. The summed E-state index contributed by atoms with van der Waals surface area (Å²) in [5, 5.41) is 2.93. The Morgan fingerprint density at radius 1 is 1.00 bits per heavy atom. The molecule has 40 heavy (non-hydrogen) atoms. The monoisotopic (exact) mass is 629 g/mol. The highest BCUT2D eigenvalue weighted by molar-refractivity contribution is 9.10. The second kappa shape index (κ2) is 13.8. The molecule has 0 aliphatic heterocycles. The van der Waals surface area contributed by atoms with Gasteiger partial charge in [-0.2, -0.15) is 0 Å². The van der Waals surface area contributed by atoms with Crippen LogP contribution in [0.3, 0.4) is 0 Å². The zero-order valence-electron chi connectivity index (χ0n) is 23.4. The average Bonchev–Trinajstić information content (AvgIpc) is 2.94. The lowest BCUT2D eigenvalue weighted by molar-refractivity contribution is -0.139. The summed E-state index contributed by atoms with van der Waals surface area (Å²) in [7, 11) is -2.66. The lowest BCUT2D eigenvalue weighted by Crippen LogP contribution is -2.52. The molecule has 0 bridgehead atoms. The lowest BCUT2D eigenvalue weighted by atomic mass is 10.1. The van der Waals surface area contributed by atoms with Crippen molar-refractivity contribution in [3.63, 3.8) is 0 Å². The molecule has 0 saturated carbocycles. The summed E-state index contributed by atoms with van der Waals surface area (Å²) in [6, 6.07) is 19.5. The molecule has 0 aliphatic rings. The summed E-state index contributed by atoms with van der Waals surface area (Å²) >= 11 is 3.46. The number of carbonyl (C=O) groups excluding carboxylic acids is 2. The molecule has 0 heterocycles. The van der Waals surface area contributed by atoms with Crippen LogP contribution in [0.5, 0.6) is 5.75 Å². The molecule has 1 N–H and O–H groups in total. The molecular weight excluding hydrogens is 594 g/mol. The van der Waals surface area contributed by atoms with Crippen LogP contribution in [0.2, 0.25) is 0 Å². The number of ether oxygens (including phenoxy) is 1. The van der Waals surface area contributed by atoms with E-state index in [1.807, 2.05) is 45.0 Å². The van der Waals surface area contributed by atoms with Crippen molar-refractivity contribution in [2.75, 3.05) is 18.0 Å². The Bertz CT molecular complexity index is 1430. The van der Waals surface area contributed by atoms with E-state index in [4.69, 9.17) is 4.74 Å². The van der Waals surface area contributed by atoms with Gasteiger partial charge < -0.3 is 15.0 Å². The van der Waals surface area contributed by atoms with E-state index in [9.17, 15) is 18.0 Å². The van der Waals surface area contributed by atoms with Gasteiger partial charge in [-0.15, -0.1) is 0 Å². The van der Waals surface area contributed by atoms with E-state index in [1.165, 1.54) is 24.1 Å². The van der Waals surface area contributed by atoms with E-state index in [2.05, 4.69) is 21.2 Å². The van der Waals surface area contributed by atoms with Crippen molar-refractivity contribution in [2.24, 2.45) is 0 Å². The number of nitrogens with one attached hydrogen (secondary N) is 1. The molecule has 0 unspecified atom stereocenters. The summed E-state index contributed by atoms with van der Waals surface area (Å²) in [5.74, 6) is -0.390. The Labute approximate surface area is 245 Å². The van der Waals surface area contributed by atoms with Crippen molar-refractivity contribution in [3.8, 4) is 5.75 Å². The number of rotatable bonds is 12. The first-order valence-corrected chi connectivity index (χ1v) is 15.3. The molecule has 3 aromatic carbocycles. The smallest absolute Gasteiger partial charge is 0.264 e. The number of benzene rings is 3. The van der Waals surface area contributed by atoms with Crippen LogP contribution in [0.25, 0.3) is 0 Å². The predicted molar refractivity (Wildman–Crippen MR) is 161 cm³/mol. The van der Waals surface area contributed by atoms with Gasteiger partial charge in [0, 0.05) is 23.1 Å². The number of halogens is 1. The molecule has 2 atom stereocenters. The van der Waals surface area contributed by atoms with Gasteiger partial charge >= 0.3 is 0 Å². The molecule has 0 aliphatic carbocycles. The molecule has 0 saturated heterocycles. The van der Waals surface area contributed by atoms with Crippen molar-refractivity contribution in [3.05, 3.63) is 88.4 Å². The van der Waals surface area contributed by atoms with Crippen LogP contribution in [0.4, 0.5) is 5.69 Å². The summed E-state index contributed by atoms with van der Waals surface area (Å²) in [5.41, 5.74) is 1.97. The molecule has 3 aromatic rings. The van der Waals surface area contributed by atoms with Gasteiger partial charge in [0.15, 0.2) is 0 Å². The molecule has 0 aromatic heterocycles. The first kappa shape index (κ1) is 31.2. The van der Waals surface area contributed by atoms with Gasteiger partial charge in [0.05, 0.1) is 17.7 Å². The third kappa shape index (κ3) is 7.85. The fourth-order valence-corrected chi connectivity index (χ4v) is 5.86. The highest BCUT2D eigenvalue weighted by atomic mass is 79.9. The topological polar surface area (TPSA) is 96.0 Å². The zero-order chi connectivity index (χ0) is 29.4. The SMILES string of the molecule is CC[C@H](C)NC(=O)[C@H](C)N(Cc1cccc(Br)c1)C(=O)CN(c1cccc(OC)c1)S(=O)(=O)c1ccc(C)cc1. The van der Waals surface area contributed by atoms with Crippen molar-refractivity contribution >= 4 is 43.5 Å². The number of hydrogen-bond acceptors (Lipinski definition) is 5. The van der Waals surface area contributed by atoms with Crippen molar-refractivity contribution in [2.45, 2.75) is 57.6 Å². The van der Waals surface area contributed by atoms with Crippen LogP contribution in [-0.2, 0) is 26.2 Å². The Balaban J connectivity index is 2.05. The quantitative estimate of drug-likeness (QED) is 0.294. The Morgan fingerprint density at radius 3 is 2.30 bits per heavy atom. The zero-order valence-corrected chi connectivity index (χ0v) is 25.8. The van der Waals surface area contributed by atoms with Crippen molar-refractivity contribution in [1.82, 2.24) is 10.2 Å². The predicted octanol–water partition coefficient (Wildman–Crippen LogP) is 5.29. The second-order valence-electron chi connectivity index (χ2n) is 9.67. The van der Waals surface area contributed by atoms with Crippen molar-refractivity contribution in [1.29, 1.82) is 0 Å². The third-order valence-corrected chi connectivity index (χ3v) is 8.92. The minimum absolute atomic E-state index is 0.0508. The van der Waals surface area contributed by atoms with Gasteiger partial charge in [0.2, 0.25) is 11.8 Å². The number of amides is 2. The normalized spacial score (nSPS) is 12.8. The number of methoxy groups -OCH3 is 1. The van der Waals surface area contributed by atoms with Crippen LogP contribution in [0.1, 0.15) is 38.3 Å². The molecule has 0 spiro atoms. The van der Waals surface area contributed by atoms with E-state index in [-0.39, 0.29) is 29.1 Å². The van der Waals surface area contributed by atoms with E-state index >= 15 is 0 Å². The molecule has 10 heteroatoms. The highest BCUT2D eigenvalue weighted by Gasteiger charge is 2.33. The van der Waals surface area contributed by atoms with Gasteiger partial charge in [-0.3, -0.25) is 13.9 Å². The van der Waals surface area contributed by atoms with E-state index < -0.39 is 28.5 Å². The maximum atomic E-state index is 14.0. The Hall–Kier alpha value is -3.37. The largest absolute Gasteiger partial charge is 0.497 e. The van der Waals surface area contributed by atoms with Crippen LogP contribution >= 0.6 is 15.9 Å². The van der Waals surface area contributed by atoms with Gasteiger partial charge in [-0.05, 0) is 69.2 Å². The minimum Gasteiger partial charge on any atom is -0.497 e. The molecule has 0 radical (unpaired) electrons. The molecule has 8 nitrogen and oxygen atoms in total. The molecular formula is C30H36BrN3O5S. The van der Waals surface area contributed by atoms with Crippen LogP contribution in [0.15, 0.2) is 82.2 Å². The van der Waals surface area contributed by atoms with Crippen LogP contribution in [-0.4, -0.2) is 50.9 Å². The molecule has 214 valence electrons. The number of nitrogens with zero attached hydrogens (tertiary/aromatic N) is 2. The first-order valence-electron chi connectivity index (χ1n) is 13.0. The van der Waals surface area contributed by atoms with E-state index in [1.54, 1.807) is 43.3 Å². The number of aryl methyl sites for hydroxylation is 1. The highest BCUT2D eigenvalue weighted by Crippen LogP contribution is 2.28. The van der Waals surface area contributed by atoms with Crippen LogP contribution < -0.4 is 14.4 Å². The van der Waals surface area contributed by atoms with E-state index in [0.717, 1.165) is 26.3 Å². The van der Waals surface area contributed by atoms with E-state index in [0.29, 0.717) is 5.75 Å². The van der Waals surface area contributed by atoms with Gasteiger partial charge in [-0.1, -0.05) is 58.7 Å². The minimum atomic E-state index is -4.15. The Kier molecular flexibility index (Phi) is 10.8. The van der Waals surface area contributed by atoms with Crippen LogP contribution in [0, 0.1) is 6.92 Å². The summed E-state index contributed by atoms with van der Waals surface area (Å²) in [6.07, 6.45) is 0.733.